The van der Waals surface area contributed by atoms with Crippen LogP contribution < -0.4 is 4.74 Å². The molecule has 0 fully saturated rings. The Kier molecular flexibility index (Phi) is 5.44. The highest BCUT2D eigenvalue weighted by Gasteiger charge is 2.14. The van der Waals surface area contributed by atoms with Crippen LogP contribution in [0.5, 0.6) is 5.75 Å². The van der Waals surface area contributed by atoms with Gasteiger partial charge in [-0.2, -0.15) is 0 Å². The van der Waals surface area contributed by atoms with E-state index in [1.807, 2.05) is 32.9 Å². The Hall–Kier alpha value is -1.76. The number of hydrogen-bond acceptors (Lipinski definition) is 1. The predicted octanol–water partition coefficient (Wildman–Crippen LogP) is 4.97. The molecular weight excluding hydrogens is 220 g/mol. The zero-order valence-electron chi connectivity index (χ0n) is 11.8. The van der Waals surface area contributed by atoms with E-state index in [0.717, 1.165) is 17.9 Å². The van der Waals surface area contributed by atoms with Crippen molar-refractivity contribution in [2.45, 2.75) is 34.1 Å². The molecule has 18 heavy (non-hydrogen) atoms. The van der Waals surface area contributed by atoms with Gasteiger partial charge in [0.1, 0.15) is 11.5 Å². The number of benzene rings is 1. The second-order valence-electron chi connectivity index (χ2n) is 4.07. The average Bonchev–Trinajstić information content (AvgIpc) is 2.39. The van der Waals surface area contributed by atoms with E-state index in [2.05, 4.69) is 31.7 Å². The van der Waals surface area contributed by atoms with Crippen molar-refractivity contribution in [3.05, 3.63) is 65.5 Å². The SMILES string of the molecule is C=C/C=C\C1=C(C)Oc2ccc(C)cc2C1.CC. The molecule has 0 amide bonds. The lowest BCUT2D eigenvalue weighted by Gasteiger charge is -2.20. The molecule has 2 rings (SSSR count). The molecule has 0 spiro atoms. The summed E-state index contributed by atoms with van der Waals surface area (Å²) in [6, 6.07) is 6.31. The van der Waals surface area contributed by atoms with Crippen LogP contribution in [0, 0.1) is 6.92 Å². The van der Waals surface area contributed by atoms with Crippen molar-refractivity contribution in [1.82, 2.24) is 0 Å². The molecule has 0 radical (unpaired) electrons. The van der Waals surface area contributed by atoms with E-state index in [-0.39, 0.29) is 0 Å². The first-order valence-corrected chi connectivity index (χ1v) is 6.47. The lowest BCUT2D eigenvalue weighted by atomic mass is 9.99. The zero-order valence-corrected chi connectivity index (χ0v) is 11.8. The molecule has 1 heterocycles. The molecule has 0 N–H and O–H groups in total. The summed E-state index contributed by atoms with van der Waals surface area (Å²) in [5, 5.41) is 0. The van der Waals surface area contributed by atoms with Crippen molar-refractivity contribution >= 4 is 0 Å². The van der Waals surface area contributed by atoms with Crippen LogP contribution in [0.1, 0.15) is 31.9 Å². The minimum absolute atomic E-state index is 0.938. The van der Waals surface area contributed by atoms with Crippen LogP contribution in [0.15, 0.2) is 54.3 Å². The Morgan fingerprint density at radius 2 is 1.94 bits per heavy atom. The van der Waals surface area contributed by atoms with Gasteiger partial charge in [0.2, 0.25) is 0 Å². The molecule has 0 aliphatic carbocycles. The molecule has 1 aliphatic rings. The number of hydrogen-bond donors (Lipinski definition) is 0. The molecule has 0 unspecified atom stereocenters. The maximum Gasteiger partial charge on any atom is 0.130 e. The van der Waals surface area contributed by atoms with Gasteiger partial charge in [-0.15, -0.1) is 0 Å². The molecule has 1 nitrogen and oxygen atoms in total. The fraction of sp³-hybridized carbons (Fsp3) is 0.294. The van der Waals surface area contributed by atoms with Gasteiger partial charge in [-0.05, 0) is 31.1 Å². The standard InChI is InChI=1S/C15H16O.C2H6/c1-4-5-6-13-10-14-9-11(2)7-8-15(14)16-12(13)3;1-2/h4-9H,1,10H2,2-3H3;1-2H3/b6-5-;. The minimum Gasteiger partial charge on any atom is -0.461 e. The number of ether oxygens (including phenoxy) is 1. The van der Waals surface area contributed by atoms with Crippen molar-refractivity contribution in [2.24, 2.45) is 0 Å². The van der Waals surface area contributed by atoms with E-state index >= 15 is 0 Å². The largest absolute Gasteiger partial charge is 0.461 e. The smallest absolute Gasteiger partial charge is 0.130 e. The lowest BCUT2D eigenvalue weighted by Crippen LogP contribution is -2.07. The summed E-state index contributed by atoms with van der Waals surface area (Å²) in [4.78, 5) is 0. The first-order chi connectivity index (χ1) is 8.70. The second-order valence-corrected chi connectivity index (χ2v) is 4.07. The third kappa shape index (κ3) is 3.36. The highest BCUT2D eigenvalue weighted by atomic mass is 16.5. The maximum absolute atomic E-state index is 5.79. The first-order valence-electron chi connectivity index (χ1n) is 6.47. The van der Waals surface area contributed by atoms with Gasteiger partial charge in [0, 0.05) is 6.42 Å². The fourth-order valence-electron chi connectivity index (χ4n) is 1.87. The van der Waals surface area contributed by atoms with Crippen molar-refractivity contribution in [1.29, 1.82) is 0 Å². The van der Waals surface area contributed by atoms with Gasteiger partial charge in [0.15, 0.2) is 0 Å². The molecule has 0 aromatic heterocycles. The minimum atomic E-state index is 0.938. The molecule has 0 atom stereocenters. The Labute approximate surface area is 110 Å². The Morgan fingerprint density at radius 1 is 1.22 bits per heavy atom. The Balaban J connectivity index is 0.000000771. The van der Waals surface area contributed by atoms with Crippen molar-refractivity contribution in [3.8, 4) is 5.75 Å². The van der Waals surface area contributed by atoms with Gasteiger partial charge >= 0.3 is 0 Å². The van der Waals surface area contributed by atoms with Crippen LogP contribution >= 0.6 is 0 Å². The zero-order chi connectivity index (χ0) is 13.5. The number of allylic oxidation sites excluding steroid dienone is 5. The maximum atomic E-state index is 5.79. The van der Waals surface area contributed by atoms with Crippen molar-refractivity contribution in [2.75, 3.05) is 0 Å². The van der Waals surface area contributed by atoms with Gasteiger partial charge in [-0.3, -0.25) is 0 Å². The average molecular weight is 242 g/mol. The van der Waals surface area contributed by atoms with E-state index in [1.54, 1.807) is 6.08 Å². The molecule has 1 heteroatoms. The normalized spacial score (nSPS) is 13.6. The quantitative estimate of drug-likeness (QED) is 0.665. The molecule has 1 aliphatic heterocycles. The number of aryl methyl sites for hydroxylation is 1. The summed E-state index contributed by atoms with van der Waals surface area (Å²) in [6.07, 6.45) is 6.73. The van der Waals surface area contributed by atoms with Crippen LogP contribution in [0.2, 0.25) is 0 Å². The summed E-state index contributed by atoms with van der Waals surface area (Å²) < 4.78 is 5.79. The molecule has 1 aromatic rings. The van der Waals surface area contributed by atoms with Crippen molar-refractivity contribution in [3.63, 3.8) is 0 Å². The molecule has 0 bridgehead atoms. The molecule has 0 saturated heterocycles. The Morgan fingerprint density at radius 3 is 2.61 bits per heavy atom. The highest BCUT2D eigenvalue weighted by Crippen LogP contribution is 2.31. The van der Waals surface area contributed by atoms with Crippen LogP contribution in [-0.2, 0) is 6.42 Å². The van der Waals surface area contributed by atoms with E-state index < -0.39 is 0 Å². The summed E-state index contributed by atoms with van der Waals surface area (Å²) in [5.74, 6) is 1.97. The molecule has 1 aromatic carbocycles. The first kappa shape index (κ1) is 14.3. The van der Waals surface area contributed by atoms with Gasteiger partial charge in [-0.25, -0.2) is 0 Å². The van der Waals surface area contributed by atoms with E-state index in [1.165, 1.54) is 16.7 Å². The van der Waals surface area contributed by atoms with E-state index in [4.69, 9.17) is 4.74 Å². The third-order valence-corrected chi connectivity index (χ3v) is 2.75. The Bertz CT molecular complexity index is 478. The van der Waals surface area contributed by atoms with E-state index in [9.17, 15) is 0 Å². The molecule has 0 saturated carbocycles. The summed E-state index contributed by atoms with van der Waals surface area (Å²) in [5.41, 5.74) is 3.75. The van der Waals surface area contributed by atoms with Gasteiger partial charge < -0.3 is 4.74 Å². The van der Waals surface area contributed by atoms with Crippen molar-refractivity contribution < 1.29 is 4.74 Å². The highest BCUT2D eigenvalue weighted by molar-refractivity contribution is 5.46. The van der Waals surface area contributed by atoms with Gasteiger partial charge in [-0.1, -0.05) is 56.4 Å². The van der Waals surface area contributed by atoms with Gasteiger partial charge in [0.25, 0.3) is 0 Å². The number of rotatable bonds is 2. The monoisotopic (exact) mass is 242 g/mol. The van der Waals surface area contributed by atoms with Crippen LogP contribution in [0.25, 0.3) is 0 Å². The summed E-state index contributed by atoms with van der Waals surface area (Å²) in [6.45, 7) is 11.8. The predicted molar refractivity (Wildman–Crippen MR) is 78.9 cm³/mol. The second kappa shape index (κ2) is 6.85. The summed E-state index contributed by atoms with van der Waals surface area (Å²) in [7, 11) is 0. The topological polar surface area (TPSA) is 9.23 Å². The summed E-state index contributed by atoms with van der Waals surface area (Å²) >= 11 is 0. The van der Waals surface area contributed by atoms with Crippen LogP contribution in [0.4, 0.5) is 0 Å². The number of fused-ring (bicyclic) bond motifs is 1. The molecular formula is C17H22O. The van der Waals surface area contributed by atoms with Crippen LogP contribution in [-0.4, -0.2) is 0 Å². The van der Waals surface area contributed by atoms with E-state index in [0.29, 0.717) is 0 Å². The lowest BCUT2D eigenvalue weighted by molar-refractivity contribution is 0.406. The van der Waals surface area contributed by atoms with Crippen LogP contribution in [0.3, 0.4) is 0 Å². The third-order valence-electron chi connectivity index (χ3n) is 2.75. The molecule has 96 valence electrons. The fourth-order valence-corrected chi connectivity index (χ4v) is 1.87. The van der Waals surface area contributed by atoms with Gasteiger partial charge in [0.05, 0.1) is 0 Å².